The fraction of sp³-hybridized carbons (Fsp3) is 0.300. The van der Waals surface area contributed by atoms with Gasteiger partial charge >= 0.3 is 11.9 Å². The molecule has 0 saturated carbocycles. The molecule has 0 aromatic heterocycles. The van der Waals surface area contributed by atoms with Crippen LogP contribution in [-0.2, 0) is 4.79 Å². The van der Waals surface area contributed by atoms with Crippen molar-refractivity contribution in [3.8, 4) is 0 Å². The van der Waals surface area contributed by atoms with Crippen LogP contribution in [0.4, 0.5) is 8.78 Å². The van der Waals surface area contributed by atoms with Gasteiger partial charge in [0.15, 0.2) is 6.10 Å². The molecule has 0 fully saturated rings. The molecule has 0 bridgehead atoms. The molecule has 2 N–H and O–H groups in total. The van der Waals surface area contributed by atoms with Crippen molar-refractivity contribution < 1.29 is 23.8 Å². The van der Waals surface area contributed by atoms with Crippen molar-refractivity contribution in [3.63, 3.8) is 0 Å². The second-order valence-electron chi connectivity index (χ2n) is 3.34. The van der Waals surface area contributed by atoms with Crippen LogP contribution in [0.15, 0.2) is 18.2 Å². The van der Waals surface area contributed by atoms with E-state index < -0.39 is 18.0 Å². The van der Waals surface area contributed by atoms with Crippen LogP contribution in [0.1, 0.15) is 17.2 Å². The van der Waals surface area contributed by atoms with Gasteiger partial charge in [-0.05, 0) is 24.1 Å². The maximum Gasteiger partial charge on any atom is 0.377 e. The van der Waals surface area contributed by atoms with Gasteiger partial charge in [0.25, 0.3) is 0 Å². The molecule has 0 radical (unpaired) electrons. The van der Waals surface area contributed by atoms with Crippen LogP contribution in [0.3, 0.4) is 0 Å². The normalized spacial score (nSPS) is 13.6. The highest BCUT2D eigenvalue weighted by molar-refractivity contribution is 6.31. The monoisotopic (exact) mass is 250 g/mol. The SMILES string of the molecule is Cc1ccc(C(O)C(F)(F)C(=O)O)cc1Cl. The van der Waals surface area contributed by atoms with E-state index in [0.717, 1.165) is 6.07 Å². The molecule has 0 amide bonds. The van der Waals surface area contributed by atoms with Crippen molar-refractivity contribution in [1.82, 2.24) is 0 Å². The first-order valence-corrected chi connectivity index (χ1v) is 4.70. The van der Waals surface area contributed by atoms with Gasteiger partial charge in [-0.15, -0.1) is 0 Å². The number of carboxylic acids is 1. The summed E-state index contributed by atoms with van der Waals surface area (Å²) in [6.45, 7) is 1.66. The number of benzene rings is 1. The first-order chi connectivity index (χ1) is 7.26. The Morgan fingerprint density at radius 2 is 2.06 bits per heavy atom. The molecule has 6 heteroatoms. The Hall–Kier alpha value is -1.20. The van der Waals surface area contributed by atoms with Crippen molar-refractivity contribution in [3.05, 3.63) is 34.3 Å². The Morgan fingerprint density at radius 1 is 1.50 bits per heavy atom. The molecular formula is C10H9ClF2O3. The maximum atomic E-state index is 13.0. The number of carbonyl (C=O) groups is 1. The van der Waals surface area contributed by atoms with Gasteiger partial charge in [-0.1, -0.05) is 23.7 Å². The number of aliphatic hydroxyl groups is 1. The van der Waals surface area contributed by atoms with Gasteiger partial charge in [0.1, 0.15) is 0 Å². The van der Waals surface area contributed by atoms with Crippen LogP contribution in [0, 0.1) is 6.92 Å². The minimum atomic E-state index is -4.24. The molecule has 88 valence electrons. The Balaban J connectivity index is 3.10. The summed E-state index contributed by atoms with van der Waals surface area (Å²) >= 11 is 5.68. The maximum absolute atomic E-state index is 13.0. The molecule has 1 rings (SSSR count). The molecule has 1 unspecified atom stereocenters. The van der Waals surface area contributed by atoms with Crippen LogP contribution >= 0.6 is 11.6 Å². The summed E-state index contributed by atoms with van der Waals surface area (Å²) in [5.74, 6) is -6.62. The summed E-state index contributed by atoms with van der Waals surface area (Å²) in [6, 6.07) is 3.76. The van der Waals surface area contributed by atoms with E-state index >= 15 is 0 Å². The zero-order valence-electron chi connectivity index (χ0n) is 8.25. The molecule has 1 atom stereocenters. The number of aliphatic carboxylic acids is 1. The van der Waals surface area contributed by atoms with E-state index in [-0.39, 0.29) is 10.6 Å². The molecule has 0 aliphatic heterocycles. The van der Waals surface area contributed by atoms with E-state index in [4.69, 9.17) is 16.7 Å². The van der Waals surface area contributed by atoms with E-state index in [2.05, 4.69) is 0 Å². The topological polar surface area (TPSA) is 57.5 Å². The predicted molar refractivity (Wildman–Crippen MR) is 53.7 cm³/mol. The minimum absolute atomic E-state index is 0.192. The first-order valence-electron chi connectivity index (χ1n) is 4.32. The molecular weight excluding hydrogens is 242 g/mol. The summed E-state index contributed by atoms with van der Waals surface area (Å²) in [7, 11) is 0. The van der Waals surface area contributed by atoms with Gasteiger partial charge < -0.3 is 10.2 Å². The highest BCUT2D eigenvalue weighted by Crippen LogP contribution is 2.33. The minimum Gasteiger partial charge on any atom is -0.477 e. The predicted octanol–water partition coefficient (Wildman–Crippen LogP) is 2.40. The number of rotatable bonds is 3. The quantitative estimate of drug-likeness (QED) is 0.866. The average molecular weight is 251 g/mol. The molecule has 1 aromatic rings. The van der Waals surface area contributed by atoms with Crippen molar-refractivity contribution in [2.45, 2.75) is 19.0 Å². The van der Waals surface area contributed by atoms with Crippen LogP contribution in [0.25, 0.3) is 0 Å². The van der Waals surface area contributed by atoms with Crippen molar-refractivity contribution in [1.29, 1.82) is 0 Å². The molecule has 16 heavy (non-hydrogen) atoms. The lowest BCUT2D eigenvalue weighted by Crippen LogP contribution is -2.35. The van der Waals surface area contributed by atoms with Crippen molar-refractivity contribution >= 4 is 17.6 Å². The summed E-state index contributed by atoms with van der Waals surface area (Å²) in [5.41, 5.74) is 0.416. The van der Waals surface area contributed by atoms with Crippen molar-refractivity contribution in [2.75, 3.05) is 0 Å². The molecule has 0 aliphatic rings. The smallest absolute Gasteiger partial charge is 0.377 e. The first kappa shape index (κ1) is 12.9. The van der Waals surface area contributed by atoms with Crippen LogP contribution in [0.2, 0.25) is 5.02 Å². The molecule has 0 spiro atoms. The highest BCUT2D eigenvalue weighted by atomic mass is 35.5. The number of aryl methyl sites for hydroxylation is 1. The number of hydrogen-bond acceptors (Lipinski definition) is 2. The highest BCUT2D eigenvalue weighted by Gasteiger charge is 2.47. The molecule has 3 nitrogen and oxygen atoms in total. The molecule has 0 heterocycles. The Labute approximate surface area is 95.3 Å². The lowest BCUT2D eigenvalue weighted by atomic mass is 10.0. The van der Waals surface area contributed by atoms with E-state index in [0.29, 0.717) is 5.56 Å². The van der Waals surface area contributed by atoms with Gasteiger partial charge in [0.05, 0.1) is 0 Å². The van der Waals surface area contributed by atoms with Gasteiger partial charge in [-0.25, -0.2) is 4.79 Å². The van der Waals surface area contributed by atoms with Gasteiger partial charge in [0.2, 0.25) is 0 Å². The lowest BCUT2D eigenvalue weighted by Gasteiger charge is -2.18. The van der Waals surface area contributed by atoms with Crippen LogP contribution in [0.5, 0.6) is 0 Å². The molecule has 0 saturated heterocycles. The second-order valence-corrected chi connectivity index (χ2v) is 3.75. The number of halogens is 3. The summed E-state index contributed by atoms with van der Waals surface area (Å²) in [5, 5.41) is 17.7. The number of carboxylic acid groups (broad SMARTS) is 1. The van der Waals surface area contributed by atoms with E-state index in [9.17, 15) is 18.7 Å². The molecule has 0 aliphatic carbocycles. The third-order valence-corrected chi connectivity index (χ3v) is 2.55. The van der Waals surface area contributed by atoms with E-state index in [1.54, 1.807) is 6.92 Å². The third-order valence-electron chi connectivity index (χ3n) is 2.14. The second kappa shape index (κ2) is 4.35. The van der Waals surface area contributed by atoms with E-state index in [1.807, 2.05) is 0 Å². The summed E-state index contributed by atoms with van der Waals surface area (Å²) < 4.78 is 25.9. The Bertz CT molecular complexity index is 421. The molecule has 1 aromatic carbocycles. The van der Waals surface area contributed by atoms with E-state index in [1.165, 1.54) is 12.1 Å². The summed E-state index contributed by atoms with van der Waals surface area (Å²) in [4.78, 5) is 10.2. The van der Waals surface area contributed by atoms with Gasteiger partial charge in [0, 0.05) is 5.02 Å². The zero-order valence-corrected chi connectivity index (χ0v) is 9.00. The van der Waals surface area contributed by atoms with Gasteiger partial charge in [-0.3, -0.25) is 0 Å². The van der Waals surface area contributed by atoms with Crippen LogP contribution in [-0.4, -0.2) is 22.1 Å². The number of hydrogen-bond donors (Lipinski definition) is 2. The number of aliphatic hydroxyl groups excluding tert-OH is 1. The van der Waals surface area contributed by atoms with Crippen LogP contribution < -0.4 is 0 Å². The fourth-order valence-electron chi connectivity index (χ4n) is 1.11. The number of alkyl halides is 2. The Kier molecular flexibility index (Phi) is 3.50. The largest absolute Gasteiger partial charge is 0.477 e. The Morgan fingerprint density at radius 3 is 2.50 bits per heavy atom. The average Bonchev–Trinajstić information content (AvgIpc) is 2.20. The zero-order chi connectivity index (χ0) is 12.5. The van der Waals surface area contributed by atoms with Gasteiger partial charge in [-0.2, -0.15) is 8.78 Å². The lowest BCUT2D eigenvalue weighted by molar-refractivity contribution is -0.182. The summed E-state index contributed by atoms with van der Waals surface area (Å²) in [6.07, 6.45) is -2.41. The standard InChI is InChI=1S/C10H9ClF2O3/c1-5-2-3-6(4-7(5)11)8(14)10(12,13)9(15)16/h2-4,8,14H,1H3,(H,15,16). The van der Waals surface area contributed by atoms with Crippen molar-refractivity contribution in [2.24, 2.45) is 0 Å². The third kappa shape index (κ3) is 2.31. The fourth-order valence-corrected chi connectivity index (χ4v) is 1.29.